The van der Waals surface area contributed by atoms with Crippen LogP contribution >= 0.6 is 23.4 Å². The van der Waals surface area contributed by atoms with Gasteiger partial charge in [0.1, 0.15) is 9.90 Å². The lowest BCUT2D eigenvalue weighted by Gasteiger charge is -2.17. The van der Waals surface area contributed by atoms with Crippen molar-refractivity contribution in [2.75, 3.05) is 0 Å². The van der Waals surface area contributed by atoms with Crippen LogP contribution in [0.25, 0.3) is 0 Å². The summed E-state index contributed by atoms with van der Waals surface area (Å²) in [4.78, 5) is 14.9. The number of nitrogens with zero attached hydrogens (tertiary/aromatic N) is 1. The molecule has 0 saturated heterocycles. The Balaban J connectivity index is 2.61. The Bertz CT molecular complexity index is 368. The summed E-state index contributed by atoms with van der Waals surface area (Å²) in [6, 6.07) is 5.33. The number of carbonyl (C=O) groups is 1. The van der Waals surface area contributed by atoms with Crippen LogP contribution in [0.5, 0.6) is 0 Å². The Hall–Kier alpha value is -0.740. The predicted octanol–water partition coefficient (Wildman–Crippen LogP) is 2.83. The Labute approximate surface area is 97.9 Å². The van der Waals surface area contributed by atoms with Gasteiger partial charge in [-0.2, -0.15) is 0 Å². The highest BCUT2D eigenvalue weighted by molar-refractivity contribution is 8.00. The van der Waals surface area contributed by atoms with Crippen molar-refractivity contribution >= 4 is 29.3 Å². The van der Waals surface area contributed by atoms with Crippen LogP contribution in [0.4, 0.5) is 0 Å². The highest BCUT2D eigenvalue weighted by atomic mass is 35.5. The smallest absolute Gasteiger partial charge is 0.319 e. The molecule has 3 nitrogen and oxygen atoms in total. The third-order valence-electron chi connectivity index (χ3n) is 1.87. The van der Waals surface area contributed by atoms with E-state index in [9.17, 15) is 4.79 Å². The van der Waals surface area contributed by atoms with Gasteiger partial charge in [0.2, 0.25) is 0 Å². The molecular weight excluding hydrogens is 234 g/mol. The molecule has 82 valence electrons. The lowest BCUT2D eigenvalue weighted by atomic mass is 10.2. The summed E-state index contributed by atoms with van der Waals surface area (Å²) in [5, 5.41) is 9.34. The molecule has 1 aromatic rings. The number of pyridine rings is 1. The fraction of sp³-hybridized carbons (Fsp3) is 0.400. The minimum Gasteiger partial charge on any atom is -0.480 e. The van der Waals surface area contributed by atoms with Crippen LogP contribution in [0.15, 0.2) is 18.2 Å². The highest BCUT2D eigenvalue weighted by Crippen LogP contribution is 2.27. The molecule has 0 saturated carbocycles. The van der Waals surface area contributed by atoms with E-state index in [1.165, 1.54) is 11.8 Å². The Morgan fingerprint density at radius 2 is 2.27 bits per heavy atom. The zero-order chi connectivity index (χ0) is 11.5. The summed E-state index contributed by atoms with van der Waals surface area (Å²) in [5.74, 6) is -0.283. The zero-order valence-electron chi connectivity index (χ0n) is 8.53. The van der Waals surface area contributed by atoms with Gasteiger partial charge in [-0.15, -0.1) is 11.8 Å². The Kier molecular flexibility index (Phi) is 3.99. The molecule has 0 unspecified atom stereocenters. The molecule has 0 atom stereocenters. The van der Waals surface area contributed by atoms with Crippen molar-refractivity contribution in [3.63, 3.8) is 0 Å². The average Bonchev–Trinajstić information content (AvgIpc) is 2.15. The number of carboxylic acid groups (broad SMARTS) is 1. The van der Waals surface area contributed by atoms with Crippen LogP contribution in [0.2, 0.25) is 5.15 Å². The van der Waals surface area contributed by atoms with Gasteiger partial charge in [0, 0.05) is 5.75 Å². The molecule has 0 aromatic carbocycles. The number of thioether (sulfide) groups is 1. The van der Waals surface area contributed by atoms with Gasteiger partial charge >= 0.3 is 5.97 Å². The van der Waals surface area contributed by atoms with Crippen molar-refractivity contribution in [2.45, 2.75) is 24.3 Å². The first kappa shape index (κ1) is 12.3. The second-order valence-electron chi connectivity index (χ2n) is 3.56. The van der Waals surface area contributed by atoms with Crippen LogP contribution in [0.3, 0.4) is 0 Å². The molecule has 0 aliphatic rings. The first-order chi connectivity index (χ1) is 6.92. The summed E-state index contributed by atoms with van der Waals surface area (Å²) in [7, 11) is 0. The number of hydrogen-bond donors (Lipinski definition) is 1. The Morgan fingerprint density at radius 3 is 2.80 bits per heavy atom. The number of hydrogen-bond acceptors (Lipinski definition) is 3. The van der Waals surface area contributed by atoms with Gasteiger partial charge in [0.25, 0.3) is 0 Å². The minimum absolute atomic E-state index is 0.432. The number of aliphatic carboxylic acids is 1. The third-order valence-corrected chi connectivity index (χ3v) is 3.42. The third kappa shape index (κ3) is 3.72. The molecule has 0 amide bonds. The Morgan fingerprint density at radius 1 is 1.60 bits per heavy atom. The fourth-order valence-electron chi connectivity index (χ4n) is 0.847. The molecule has 0 spiro atoms. The lowest BCUT2D eigenvalue weighted by Crippen LogP contribution is -2.27. The molecule has 0 bridgehead atoms. The molecule has 1 rings (SSSR count). The van der Waals surface area contributed by atoms with Crippen LogP contribution in [-0.4, -0.2) is 20.8 Å². The van der Waals surface area contributed by atoms with Crippen molar-refractivity contribution in [3.05, 3.63) is 29.0 Å². The van der Waals surface area contributed by atoms with E-state index in [1.807, 2.05) is 6.07 Å². The number of halogens is 1. The number of aromatic nitrogens is 1. The first-order valence-corrected chi connectivity index (χ1v) is 5.77. The molecule has 1 heterocycles. The molecular formula is C10H12ClNO2S. The molecule has 15 heavy (non-hydrogen) atoms. The van der Waals surface area contributed by atoms with Crippen molar-refractivity contribution in [2.24, 2.45) is 0 Å². The molecule has 0 fully saturated rings. The van der Waals surface area contributed by atoms with Crippen molar-refractivity contribution in [1.29, 1.82) is 0 Å². The fourth-order valence-corrected chi connectivity index (χ4v) is 1.82. The second kappa shape index (κ2) is 4.86. The van der Waals surface area contributed by atoms with E-state index in [1.54, 1.807) is 26.0 Å². The van der Waals surface area contributed by atoms with Gasteiger partial charge in [-0.1, -0.05) is 17.7 Å². The van der Waals surface area contributed by atoms with Crippen molar-refractivity contribution in [3.8, 4) is 0 Å². The second-order valence-corrected chi connectivity index (χ2v) is 5.54. The summed E-state index contributed by atoms with van der Waals surface area (Å²) in [6.45, 7) is 3.34. The topological polar surface area (TPSA) is 50.2 Å². The average molecular weight is 246 g/mol. The highest BCUT2D eigenvalue weighted by Gasteiger charge is 2.27. The molecule has 1 N–H and O–H groups in total. The van der Waals surface area contributed by atoms with Gasteiger partial charge in [-0.3, -0.25) is 4.79 Å². The van der Waals surface area contributed by atoms with Crippen LogP contribution in [-0.2, 0) is 10.5 Å². The van der Waals surface area contributed by atoms with Crippen molar-refractivity contribution < 1.29 is 9.90 Å². The normalized spacial score (nSPS) is 11.4. The minimum atomic E-state index is -0.825. The monoisotopic (exact) mass is 245 g/mol. The van der Waals surface area contributed by atoms with Gasteiger partial charge < -0.3 is 5.11 Å². The molecule has 1 aromatic heterocycles. The van der Waals surface area contributed by atoms with E-state index >= 15 is 0 Å². The molecule has 0 aliphatic carbocycles. The zero-order valence-corrected chi connectivity index (χ0v) is 10.1. The van der Waals surface area contributed by atoms with Gasteiger partial charge in [-0.25, -0.2) is 4.98 Å². The van der Waals surface area contributed by atoms with Gasteiger partial charge in [0.15, 0.2) is 0 Å². The van der Waals surface area contributed by atoms with E-state index in [0.717, 1.165) is 5.69 Å². The molecule has 0 radical (unpaired) electrons. The lowest BCUT2D eigenvalue weighted by molar-refractivity contribution is -0.138. The first-order valence-electron chi connectivity index (χ1n) is 4.40. The predicted molar refractivity (Wildman–Crippen MR) is 62.3 cm³/mol. The van der Waals surface area contributed by atoms with Gasteiger partial charge in [0.05, 0.1) is 5.69 Å². The van der Waals surface area contributed by atoms with Crippen molar-refractivity contribution in [1.82, 2.24) is 4.98 Å². The van der Waals surface area contributed by atoms with Gasteiger partial charge in [-0.05, 0) is 26.0 Å². The van der Waals surface area contributed by atoms with E-state index in [-0.39, 0.29) is 0 Å². The number of carboxylic acids is 1. The van der Waals surface area contributed by atoms with E-state index in [2.05, 4.69) is 4.98 Å². The number of rotatable bonds is 4. The van der Waals surface area contributed by atoms with Crippen LogP contribution < -0.4 is 0 Å². The summed E-state index contributed by atoms with van der Waals surface area (Å²) in [6.07, 6.45) is 0. The maximum Gasteiger partial charge on any atom is 0.319 e. The maximum atomic E-state index is 10.8. The standard InChI is InChI=1S/C10H12ClNO2S/c1-10(2,9(13)14)15-6-7-4-3-5-8(11)12-7/h3-5H,6H2,1-2H3,(H,13,14). The van der Waals surface area contributed by atoms with E-state index in [0.29, 0.717) is 10.9 Å². The quantitative estimate of drug-likeness (QED) is 0.829. The largest absolute Gasteiger partial charge is 0.480 e. The van der Waals surface area contributed by atoms with Crippen LogP contribution in [0, 0.1) is 0 Å². The summed E-state index contributed by atoms with van der Waals surface area (Å²) < 4.78 is -0.802. The molecule has 5 heteroatoms. The summed E-state index contributed by atoms with van der Waals surface area (Å²) >= 11 is 7.05. The van der Waals surface area contributed by atoms with E-state index in [4.69, 9.17) is 16.7 Å². The van der Waals surface area contributed by atoms with E-state index < -0.39 is 10.7 Å². The summed E-state index contributed by atoms with van der Waals surface area (Å²) in [5.41, 5.74) is 0.793. The van der Waals surface area contributed by atoms with Crippen LogP contribution in [0.1, 0.15) is 19.5 Å². The molecule has 0 aliphatic heterocycles. The SMILES string of the molecule is CC(C)(SCc1cccc(Cl)n1)C(=O)O. The maximum absolute atomic E-state index is 10.8.